The van der Waals surface area contributed by atoms with E-state index in [1.807, 2.05) is 30.0 Å². The van der Waals surface area contributed by atoms with Gasteiger partial charge in [-0.2, -0.15) is 11.8 Å². The van der Waals surface area contributed by atoms with E-state index in [-0.39, 0.29) is 11.9 Å². The average Bonchev–Trinajstić information content (AvgIpc) is 2.29. The Kier molecular flexibility index (Phi) is 6.01. The predicted octanol–water partition coefficient (Wildman–Crippen LogP) is 3.01. The van der Waals surface area contributed by atoms with Gasteiger partial charge in [0, 0.05) is 12.7 Å². The number of hydrogen-bond acceptors (Lipinski definition) is 2. The van der Waals surface area contributed by atoms with E-state index < -0.39 is 0 Å². The Labute approximate surface area is 102 Å². The molecular weight excluding hydrogens is 218 g/mol. The molecule has 2 nitrogen and oxygen atoms in total. The molecule has 1 atom stereocenters. The van der Waals surface area contributed by atoms with Gasteiger partial charge in [0.1, 0.15) is 0 Å². The van der Waals surface area contributed by atoms with Crippen LogP contribution in [0.15, 0.2) is 30.3 Å². The van der Waals surface area contributed by atoms with Crippen molar-refractivity contribution in [2.45, 2.75) is 26.3 Å². The zero-order valence-corrected chi connectivity index (χ0v) is 10.7. The second-order valence-electron chi connectivity index (χ2n) is 3.74. The standard InChI is InChI=1S/C13H19NOS/c1-3-9-16-10-13(14-11(2)15)12-7-5-4-6-8-12/h4-8,13H,3,9-10H2,1-2H3,(H,14,15). The van der Waals surface area contributed by atoms with Crippen molar-refractivity contribution in [2.24, 2.45) is 0 Å². The largest absolute Gasteiger partial charge is 0.349 e. The first-order valence-corrected chi connectivity index (χ1v) is 6.79. The Hall–Kier alpha value is -0.960. The van der Waals surface area contributed by atoms with Gasteiger partial charge in [-0.1, -0.05) is 37.3 Å². The lowest BCUT2D eigenvalue weighted by Crippen LogP contribution is -2.27. The molecular formula is C13H19NOS. The fourth-order valence-electron chi connectivity index (χ4n) is 1.50. The SMILES string of the molecule is CCCSCC(NC(C)=O)c1ccccc1. The number of hydrogen-bond donors (Lipinski definition) is 1. The van der Waals surface area contributed by atoms with Crippen LogP contribution in [0.25, 0.3) is 0 Å². The van der Waals surface area contributed by atoms with Gasteiger partial charge < -0.3 is 5.32 Å². The molecule has 1 rings (SSSR count). The number of carbonyl (C=O) groups excluding carboxylic acids is 1. The van der Waals surface area contributed by atoms with Crippen LogP contribution in [0.1, 0.15) is 31.9 Å². The summed E-state index contributed by atoms with van der Waals surface area (Å²) >= 11 is 1.88. The van der Waals surface area contributed by atoms with Crippen LogP contribution in [0.2, 0.25) is 0 Å². The summed E-state index contributed by atoms with van der Waals surface area (Å²) in [5.74, 6) is 2.12. The van der Waals surface area contributed by atoms with Gasteiger partial charge in [-0.05, 0) is 17.7 Å². The maximum atomic E-state index is 11.1. The number of benzene rings is 1. The lowest BCUT2D eigenvalue weighted by atomic mass is 10.1. The number of carbonyl (C=O) groups is 1. The lowest BCUT2D eigenvalue weighted by molar-refractivity contribution is -0.119. The lowest BCUT2D eigenvalue weighted by Gasteiger charge is -2.17. The zero-order chi connectivity index (χ0) is 11.8. The first kappa shape index (κ1) is 13.1. The van der Waals surface area contributed by atoms with Gasteiger partial charge in [-0.25, -0.2) is 0 Å². The highest BCUT2D eigenvalue weighted by atomic mass is 32.2. The van der Waals surface area contributed by atoms with Gasteiger partial charge in [0.2, 0.25) is 5.91 Å². The van der Waals surface area contributed by atoms with E-state index in [9.17, 15) is 4.79 Å². The summed E-state index contributed by atoms with van der Waals surface area (Å²) in [5, 5.41) is 3.00. The van der Waals surface area contributed by atoms with Gasteiger partial charge in [-0.15, -0.1) is 0 Å². The fraction of sp³-hybridized carbons (Fsp3) is 0.462. The minimum absolute atomic E-state index is 0.0333. The maximum Gasteiger partial charge on any atom is 0.217 e. The molecule has 0 saturated heterocycles. The Bertz CT molecular complexity index is 313. The Balaban J connectivity index is 2.60. The van der Waals surface area contributed by atoms with E-state index in [0.717, 1.165) is 11.5 Å². The van der Waals surface area contributed by atoms with Gasteiger partial charge in [0.25, 0.3) is 0 Å². The highest BCUT2D eigenvalue weighted by Gasteiger charge is 2.11. The molecule has 1 N–H and O–H groups in total. The smallest absolute Gasteiger partial charge is 0.217 e. The summed E-state index contributed by atoms with van der Waals surface area (Å²) in [6, 6.07) is 10.3. The molecule has 0 fully saturated rings. The third-order valence-corrected chi connectivity index (χ3v) is 3.48. The molecule has 1 amide bonds. The average molecular weight is 237 g/mol. The third kappa shape index (κ3) is 4.71. The summed E-state index contributed by atoms with van der Waals surface area (Å²) in [4.78, 5) is 11.1. The van der Waals surface area contributed by atoms with Crippen LogP contribution in [-0.2, 0) is 4.79 Å². The van der Waals surface area contributed by atoms with Gasteiger partial charge in [-0.3, -0.25) is 4.79 Å². The molecule has 1 aromatic rings. The molecule has 88 valence electrons. The van der Waals surface area contributed by atoms with Crippen LogP contribution in [-0.4, -0.2) is 17.4 Å². The quantitative estimate of drug-likeness (QED) is 0.771. The van der Waals surface area contributed by atoms with Crippen LogP contribution in [0, 0.1) is 0 Å². The highest BCUT2D eigenvalue weighted by Crippen LogP contribution is 2.18. The van der Waals surface area contributed by atoms with E-state index in [4.69, 9.17) is 0 Å². The van der Waals surface area contributed by atoms with Crippen LogP contribution in [0.4, 0.5) is 0 Å². The number of thioether (sulfide) groups is 1. The summed E-state index contributed by atoms with van der Waals surface area (Å²) < 4.78 is 0. The van der Waals surface area contributed by atoms with Crippen LogP contribution >= 0.6 is 11.8 Å². The molecule has 0 aliphatic rings. The molecule has 1 aromatic carbocycles. The molecule has 0 saturated carbocycles. The first-order chi connectivity index (χ1) is 7.74. The summed E-state index contributed by atoms with van der Waals surface area (Å²) in [7, 11) is 0. The van der Waals surface area contributed by atoms with E-state index in [1.165, 1.54) is 12.0 Å². The highest BCUT2D eigenvalue weighted by molar-refractivity contribution is 7.99. The van der Waals surface area contributed by atoms with Crippen molar-refractivity contribution in [1.82, 2.24) is 5.32 Å². The van der Waals surface area contributed by atoms with Gasteiger partial charge in [0.15, 0.2) is 0 Å². The summed E-state index contributed by atoms with van der Waals surface area (Å²) in [6.45, 7) is 3.74. The monoisotopic (exact) mass is 237 g/mol. The van der Waals surface area contributed by atoms with Crippen LogP contribution < -0.4 is 5.32 Å². The molecule has 0 radical (unpaired) electrons. The molecule has 0 heterocycles. The Morgan fingerprint density at radius 3 is 2.62 bits per heavy atom. The van der Waals surface area contributed by atoms with Crippen LogP contribution in [0.3, 0.4) is 0 Å². The van der Waals surface area contributed by atoms with Crippen molar-refractivity contribution >= 4 is 17.7 Å². The maximum absolute atomic E-state index is 11.1. The van der Waals surface area contributed by atoms with Crippen molar-refractivity contribution in [1.29, 1.82) is 0 Å². The molecule has 0 bridgehead atoms. The van der Waals surface area contributed by atoms with E-state index >= 15 is 0 Å². The zero-order valence-electron chi connectivity index (χ0n) is 9.90. The van der Waals surface area contributed by atoms with E-state index in [2.05, 4.69) is 24.4 Å². The third-order valence-electron chi connectivity index (χ3n) is 2.21. The number of amides is 1. The molecule has 0 aliphatic carbocycles. The summed E-state index contributed by atoms with van der Waals surface area (Å²) in [5.41, 5.74) is 1.18. The number of nitrogens with one attached hydrogen (secondary N) is 1. The van der Waals surface area contributed by atoms with Crippen LogP contribution in [0.5, 0.6) is 0 Å². The molecule has 3 heteroatoms. The van der Waals surface area contributed by atoms with Gasteiger partial charge in [0.05, 0.1) is 6.04 Å². The van der Waals surface area contributed by atoms with E-state index in [0.29, 0.717) is 0 Å². The molecule has 1 unspecified atom stereocenters. The molecule has 16 heavy (non-hydrogen) atoms. The molecule has 0 spiro atoms. The predicted molar refractivity (Wildman–Crippen MR) is 70.6 cm³/mol. The molecule has 0 aliphatic heterocycles. The Morgan fingerprint density at radius 2 is 2.06 bits per heavy atom. The van der Waals surface area contributed by atoms with Crippen molar-refractivity contribution in [2.75, 3.05) is 11.5 Å². The minimum atomic E-state index is 0.0333. The first-order valence-electron chi connectivity index (χ1n) is 5.63. The normalized spacial score (nSPS) is 12.1. The van der Waals surface area contributed by atoms with Gasteiger partial charge >= 0.3 is 0 Å². The second-order valence-corrected chi connectivity index (χ2v) is 4.89. The Morgan fingerprint density at radius 1 is 1.38 bits per heavy atom. The topological polar surface area (TPSA) is 29.1 Å². The molecule has 0 aromatic heterocycles. The van der Waals surface area contributed by atoms with E-state index in [1.54, 1.807) is 6.92 Å². The van der Waals surface area contributed by atoms with Crippen molar-refractivity contribution < 1.29 is 4.79 Å². The second kappa shape index (κ2) is 7.34. The van der Waals surface area contributed by atoms with Crippen molar-refractivity contribution in [3.8, 4) is 0 Å². The van der Waals surface area contributed by atoms with Crippen molar-refractivity contribution in [3.05, 3.63) is 35.9 Å². The minimum Gasteiger partial charge on any atom is -0.349 e. The fourth-order valence-corrected chi connectivity index (χ4v) is 2.46. The van der Waals surface area contributed by atoms with Crippen molar-refractivity contribution in [3.63, 3.8) is 0 Å². The summed E-state index contributed by atoms with van der Waals surface area (Å²) in [6.07, 6.45) is 1.17. The number of rotatable bonds is 6.